The first-order valence-electron chi connectivity index (χ1n) is 11.2. The summed E-state index contributed by atoms with van der Waals surface area (Å²) in [4.78, 5) is 53.0. The molecule has 8 heteroatoms. The molecule has 1 fully saturated rings. The molecule has 0 saturated carbocycles. The van der Waals surface area contributed by atoms with Crippen molar-refractivity contribution in [2.24, 2.45) is 11.8 Å². The smallest absolute Gasteiger partial charge is 0.273 e. The Kier molecular flexibility index (Phi) is 4.15. The Hall–Kier alpha value is -4.33. The standard InChI is InChI=1S/C27H20N2O6/c1-26-16-7-3-5-9-18(16)27(14-30,19-10-6-4-8-17(19)26)23-22(26)24(31)28(25(23)32)20-12-11-15(29(33)34)13-21(20)35-2/h3-14,22-23H,1-2H3. The van der Waals surface area contributed by atoms with Crippen molar-refractivity contribution in [3.8, 4) is 5.75 Å². The third-order valence-corrected chi connectivity index (χ3v) is 8.08. The minimum absolute atomic E-state index is 0.0345. The topological polar surface area (TPSA) is 107 Å². The largest absolute Gasteiger partial charge is 0.494 e. The molecule has 0 spiro atoms. The highest BCUT2D eigenvalue weighted by molar-refractivity contribution is 6.25. The molecule has 2 bridgehead atoms. The van der Waals surface area contributed by atoms with Crippen molar-refractivity contribution < 1.29 is 24.0 Å². The second kappa shape index (κ2) is 6.85. The number of aldehydes is 1. The van der Waals surface area contributed by atoms with E-state index in [-0.39, 0.29) is 17.1 Å². The summed E-state index contributed by atoms with van der Waals surface area (Å²) in [7, 11) is 1.32. The first kappa shape index (κ1) is 21.2. The number of non-ortho nitro benzene ring substituents is 1. The number of imide groups is 1. The number of benzene rings is 3. The fraction of sp³-hybridized carbons (Fsp3) is 0.222. The first-order valence-corrected chi connectivity index (χ1v) is 11.2. The average molecular weight is 468 g/mol. The number of methoxy groups -OCH3 is 1. The summed E-state index contributed by atoms with van der Waals surface area (Å²) >= 11 is 0. The van der Waals surface area contributed by atoms with Crippen molar-refractivity contribution in [1.82, 2.24) is 0 Å². The van der Waals surface area contributed by atoms with Crippen molar-refractivity contribution >= 4 is 29.5 Å². The molecule has 2 atom stereocenters. The molecule has 0 radical (unpaired) electrons. The van der Waals surface area contributed by atoms with Gasteiger partial charge in [0.05, 0.1) is 41.0 Å². The molecule has 3 aromatic rings. The highest BCUT2D eigenvalue weighted by Crippen LogP contribution is 2.66. The molecule has 1 saturated heterocycles. The number of ether oxygens (including phenoxy) is 1. The van der Waals surface area contributed by atoms with Crippen LogP contribution >= 0.6 is 0 Å². The van der Waals surface area contributed by atoms with E-state index in [0.717, 1.165) is 33.4 Å². The van der Waals surface area contributed by atoms with Gasteiger partial charge in [-0.15, -0.1) is 0 Å². The van der Waals surface area contributed by atoms with Gasteiger partial charge in [0.1, 0.15) is 12.0 Å². The molecule has 7 rings (SSSR count). The van der Waals surface area contributed by atoms with Crippen molar-refractivity contribution in [1.29, 1.82) is 0 Å². The van der Waals surface area contributed by atoms with Gasteiger partial charge >= 0.3 is 0 Å². The second-order valence-corrected chi connectivity index (χ2v) is 9.36. The van der Waals surface area contributed by atoms with E-state index in [1.165, 1.54) is 25.3 Å². The predicted molar refractivity (Wildman–Crippen MR) is 125 cm³/mol. The zero-order valence-corrected chi connectivity index (χ0v) is 18.9. The van der Waals surface area contributed by atoms with Gasteiger partial charge in [0.2, 0.25) is 11.8 Å². The molecule has 35 heavy (non-hydrogen) atoms. The van der Waals surface area contributed by atoms with Crippen LogP contribution in [0, 0.1) is 22.0 Å². The molecule has 174 valence electrons. The number of hydrogen-bond acceptors (Lipinski definition) is 6. The monoisotopic (exact) mass is 468 g/mol. The Morgan fingerprint density at radius 1 is 0.914 bits per heavy atom. The van der Waals surface area contributed by atoms with Crippen molar-refractivity contribution in [2.45, 2.75) is 17.8 Å². The number of nitrogens with zero attached hydrogens (tertiary/aromatic N) is 2. The summed E-state index contributed by atoms with van der Waals surface area (Å²) in [6.07, 6.45) is 0.808. The highest BCUT2D eigenvalue weighted by atomic mass is 16.6. The van der Waals surface area contributed by atoms with Gasteiger partial charge in [-0.2, -0.15) is 0 Å². The second-order valence-electron chi connectivity index (χ2n) is 9.36. The summed E-state index contributed by atoms with van der Waals surface area (Å²) in [6, 6.07) is 18.8. The van der Waals surface area contributed by atoms with Crippen LogP contribution in [0.3, 0.4) is 0 Å². The molecule has 3 aliphatic carbocycles. The zero-order valence-electron chi connectivity index (χ0n) is 18.9. The Morgan fingerprint density at radius 3 is 1.97 bits per heavy atom. The molecule has 3 aromatic carbocycles. The molecule has 0 N–H and O–H groups in total. The van der Waals surface area contributed by atoms with E-state index in [1.807, 2.05) is 55.5 Å². The minimum Gasteiger partial charge on any atom is -0.494 e. The van der Waals surface area contributed by atoms with Crippen molar-refractivity contribution in [2.75, 3.05) is 12.0 Å². The molecule has 1 heterocycles. The summed E-state index contributed by atoms with van der Waals surface area (Å²) < 4.78 is 5.35. The van der Waals surface area contributed by atoms with Gasteiger partial charge in [-0.05, 0) is 28.3 Å². The zero-order chi connectivity index (χ0) is 24.7. The van der Waals surface area contributed by atoms with Crippen LogP contribution in [-0.4, -0.2) is 30.1 Å². The van der Waals surface area contributed by atoms with Gasteiger partial charge in [0.25, 0.3) is 5.69 Å². The van der Waals surface area contributed by atoms with E-state index in [2.05, 4.69) is 0 Å². The number of hydrogen-bond donors (Lipinski definition) is 0. The van der Waals surface area contributed by atoms with Gasteiger partial charge in [0, 0.05) is 11.5 Å². The minimum atomic E-state index is -1.33. The maximum atomic E-state index is 14.1. The van der Waals surface area contributed by atoms with Gasteiger partial charge in [-0.1, -0.05) is 55.5 Å². The average Bonchev–Trinajstić information content (AvgIpc) is 3.15. The van der Waals surface area contributed by atoms with E-state index in [1.54, 1.807) is 0 Å². The number of rotatable bonds is 4. The van der Waals surface area contributed by atoms with Gasteiger partial charge < -0.3 is 9.53 Å². The van der Waals surface area contributed by atoms with Crippen LogP contribution in [-0.2, 0) is 25.2 Å². The molecule has 2 amide bonds. The van der Waals surface area contributed by atoms with Crippen molar-refractivity contribution in [3.63, 3.8) is 0 Å². The van der Waals surface area contributed by atoms with E-state index < -0.39 is 39.4 Å². The molecule has 2 unspecified atom stereocenters. The quantitative estimate of drug-likeness (QED) is 0.251. The van der Waals surface area contributed by atoms with Crippen LogP contribution < -0.4 is 9.64 Å². The lowest BCUT2D eigenvalue weighted by Gasteiger charge is -2.56. The third-order valence-electron chi connectivity index (χ3n) is 8.08. The van der Waals surface area contributed by atoms with Crippen LogP contribution in [0.2, 0.25) is 0 Å². The van der Waals surface area contributed by atoms with Gasteiger partial charge in [-0.3, -0.25) is 19.7 Å². The van der Waals surface area contributed by atoms with Gasteiger partial charge in [-0.25, -0.2) is 4.90 Å². The van der Waals surface area contributed by atoms with Crippen LogP contribution in [0.4, 0.5) is 11.4 Å². The molecule has 8 nitrogen and oxygen atoms in total. The maximum absolute atomic E-state index is 14.1. The Morgan fingerprint density at radius 2 is 1.46 bits per heavy atom. The number of nitro benzene ring substituents is 1. The third kappa shape index (κ3) is 2.29. The van der Waals surface area contributed by atoms with Gasteiger partial charge in [0.15, 0.2) is 0 Å². The van der Waals surface area contributed by atoms with Crippen LogP contribution in [0.15, 0.2) is 66.7 Å². The van der Waals surface area contributed by atoms with E-state index in [4.69, 9.17) is 4.74 Å². The number of nitro groups is 1. The highest BCUT2D eigenvalue weighted by Gasteiger charge is 2.72. The molecular weight excluding hydrogens is 448 g/mol. The van der Waals surface area contributed by atoms with Crippen molar-refractivity contribution in [3.05, 3.63) is 99.1 Å². The maximum Gasteiger partial charge on any atom is 0.273 e. The van der Waals surface area contributed by atoms with Crippen LogP contribution in [0.25, 0.3) is 0 Å². The summed E-state index contributed by atoms with van der Waals surface area (Å²) in [5.41, 5.74) is 0.894. The van der Waals surface area contributed by atoms with E-state index in [9.17, 15) is 24.5 Å². The lowest BCUT2D eigenvalue weighted by molar-refractivity contribution is -0.384. The molecular formula is C27H20N2O6. The summed E-state index contributed by atoms with van der Waals surface area (Å²) in [5, 5.41) is 11.3. The molecule has 1 aliphatic heterocycles. The molecule has 4 aliphatic rings. The summed E-state index contributed by atoms with van der Waals surface area (Å²) in [6.45, 7) is 1.96. The Labute approximate surface area is 200 Å². The lowest BCUT2D eigenvalue weighted by atomic mass is 9.42. The predicted octanol–water partition coefficient (Wildman–Crippen LogP) is 3.53. The number of carbonyl (C=O) groups excluding carboxylic acids is 3. The normalized spacial score (nSPS) is 27.8. The fourth-order valence-electron chi connectivity index (χ4n) is 6.67. The van der Waals surface area contributed by atoms with E-state index >= 15 is 0 Å². The Balaban J connectivity index is 1.64. The molecule has 0 aromatic heterocycles. The number of carbonyl (C=O) groups is 3. The SMILES string of the molecule is COc1cc([N+](=O)[O-])ccc1N1C(=O)C2C(C1=O)C1(C=O)c3ccccc3C2(C)c2ccccc21. The number of amides is 2. The lowest BCUT2D eigenvalue weighted by Crippen LogP contribution is -2.61. The Bertz CT molecular complexity index is 1430. The number of anilines is 1. The van der Waals surface area contributed by atoms with E-state index in [0.29, 0.717) is 0 Å². The van der Waals surface area contributed by atoms with Crippen LogP contribution in [0.1, 0.15) is 29.2 Å². The first-order chi connectivity index (χ1) is 16.8. The summed E-state index contributed by atoms with van der Waals surface area (Å²) in [5.74, 6) is -2.72. The fourth-order valence-corrected chi connectivity index (χ4v) is 6.67. The van der Waals surface area contributed by atoms with Crippen LogP contribution in [0.5, 0.6) is 5.75 Å².